The summed E-state index contributed by atoms with van der Waals surface area (Å²) in [5.74, 6) is 0.128. The van der Waals surface area contributed by atoms with E-state index in [-0.39, 0.29) is 35.8 Å². The Balaban J connectivity index is 1.35. The number of nitrogens with one attached hydrogen (secondary N) is 3. The van der Waals surface area contributed by atoms with Crippen molar-refractivity contribution >= 4 is 35.4 Å². The summed E-state index contributed by atoms with van der Waals surface area (Å²) in [6, 6.07) is 7.51. The van der Waals surface area contributed by atoms with E-state index in [4.69, 9.17) is 21.9 Å². The minimum Gasteiger partial charge on any atom is -0.484 e. The lowest BCUT2D eigenvalue weighted by atomic mass is 10.1. The van der Waals surface area contributed by atoms with Gasteiger partial charge in [-0.1, -0.05) is 12.1 Å². The normalized spacial score (nSPS) is 11.2. The number of carbonyl (C=O) groups is 2. The number of imidazole rings is 1. The van der Waals surface area contributed by atoms with Crippen LogP contribution in [-0.4, -0.2) is 50.9 Å². The first-order valence-corrected chi connectivity index (χ1v) is 10.8. The predicted molar refractivity (Wildman–Crippen MR) is 132 cm³/mol. The fraction of sp³-hybridized carbons (Fsp3) is 0.273. The predicted octanol–water partition coefficient (Wildman–Crippen LogP) is 0.757. The number of aryl methyl sites for hydroxylation is 2. The minimum absolute atomic E-state index is 0.0248. The van der Waals surface area contributed by atoms with E-state index in [0.29, 0.717) is 23.9 Å². The van der Waals surface area contributed by atoms with Gasteiger partial charge < -0.3 is 26.9 Å². The van der Waals surface area contributed by atoms with E-state index < -0.39 is 5.91 Å². The number of benzene rings is 1. The molecular formula is C22H28N10O3. The zero-order valence-electron chi connectivity index (χ0n) is 19.2. The number of aliphatic imine (C=N–C) groups is 1. The van der Waals surface area contributed by atoms with Crippen molar-refractivity contribution in [2.45, 2.75) is 26.2 Å². The monoisotopic (exact) mass is 480 g/mol. The summed E-state index contributed by atoms with van der Waals surface area (Å²) in [5.41, 5.74) is 18.6. The van der Waals surface area contributed by atoms with E-state index in [2.05, 4.69) is 35.6 Å². The quantitative estimate of drug-likeness (QED) is 0.137. The molecule has 2 aromatic heterocycles. The summed E-state index contributed by atoms with van der Waals surface area (Å²) in [6.45, 7) is 1.95. The van der Waals surface area contributed by atoms with Gasteiger partial charge in [-0.05, 0) is 43.9 Å². The van der Waals surface area contributed by atoms with Crippen LogP contribution in [0.1, 0.15) is 34.6 Å². The number of hydrogen-bond acceptors (Lipinski definition) is 9. The third-order valence-corrected chi connectivity index (χ3v) is 4.80. The Morgan fingerprint density at radius 1 is 1.11 bits per heavy atom. The molecule has 3 aromatic rings. The van der Waals surface area contributed by atoms with Crippen LogP contribution in [0.3, 0.4) is 0 Å². The van der Waals surface area contributed by atoms with Gasteiger partial charge in [0.2, 0.25) is 5.95 Å². The molecule has 35 heavy (non-hydrogen) atoms. The molecule has 9 N–H and O–H groups in total. The van der Waals surface area contributed by atoms with Crippen LogP contribution >= 0.6 is 0 Å². The largest absolute Gasteiger partial charge is 0.484 e. The molecule has 0 aliphatic rings. The number of nitrogen functional groups attached to an aromatic ring is 2. The summed E-state index contributed by atoms with van der Waals surface area (Å²) < 4.78 is 5.48. The number of carbonyl (C=O) groups excluding carboxylic acids is 2. The smallest absolute Gasteiger partial charge is 0.280 e. The molecule has 0 aliphatic heterocycles. The molecule has 0 atom stereocenters. The maximum Gasteiger partial charge on any atom is 0.280 e. The number of ether oxygens (including phenoxy) is 1. The number of aromatic nitrogens is 4. The van der Waals surface area contributed by atoms with E-state index >= 15 is 0 Å². The topological polar surface area (TPSA) is 212 Å². The fourth-order valence-corrected chi connectivity index (χ4v) is 2.97. The maximum atomic E-state index is 12.3. The van der Waals surface area contributed by atoms with E-state index in [9.17, 15) is 9.59 Å². The Hall–Kier alpha value is -4.68. The van der Waals surface area contributed by atoms with Crippen molar-refractivity contribution in [3.63, 3.8) is 0 Å². The number of unbranched alkanes of at least 4 members (excludes halogenated alkanes) is 1. The van der Waals surface area contributed by atoms with Crippen molar-refractivity contribution in [3.05, 3.63) is 53.6 Å². The highest BCUT2D eigenvalue weighted by Gasteiger charge is 2.15. The van der Waals surface area contributed by atoms with Crippen LogP contribution < -0.4 is 32.6 Å². The van der Waals surface area contributed by atoms with Crippen LogP contribution in [0.4, 0.5) is 17.6 Å². The number of aromatic amines is 1. The molecule has 0 bridgehead atoms. The number of nitrogens with zero attached hydrogens (tertiary/aromatic N) is 4. The van der Waals surface area contributed by atoms with E-state index in [0.717, 1.165) is 24.8 Å². The molecule has 13 nitrogen and oxygen atoms in total. The number of rotatable bonds is 10. The van der Waals surface area contributed by atoms with Gasteiger partial charge in [0.1, 0.15) is 11.6 Å². The molecule has 0 spiro atoms. The van der Waals surface area contributed by atoms with Gasteiger partial charge in [0.15, 0.2) is 24.1 Å². The first-order chi connectivity index (χ1) is 16.8. The molecule has 2 amide bonds. The Labute approximate surface area is 201 Å². The van der Waals surface area contributed by atoms with Crippen molar-refractivity contribution in [1.29, 1.82) is 0 Å². The lowest BCUT2D eigenvalue weighted by Crippen LogP contribution is -2.38. The van der Waals surface area contributed by atoms with E-state index in [1.807, 2.05) is 24.3 Å². The zero-order valence-corrected chi connectivity index (χ0v) is 19.2. The molecule has 0 saturated heterocycles. The second-order valence-electron chi connectivity index (χ2n) is 7.52. The SMILES string of the molecule is Cc1nc(C(=O)NC(N)=NCCCCc2ccc(OCC(=O)Nc3ncc[nH]3)cc2)c(N)nc1N. The second-order valence-corrected chi connectivity index (χ2v) is 7.52. The van der Waals surface area contributed by atoms with Gasteiger partial charge >= 0.3 is 0 Å². The number of hydrogen-bond donors (Lipinski definition) is 6. The molecule has 2 heterocycles. The molecule has 184 valence electrons. The Morgan fingerprint density at radius 3 is 2.60 bits per heavy atom. The Bertz CT molecular complexity index is 1180. The average molecular weight is 481 g/mol. The molecule has 13 heteroatoms. The molecular weight excluding hydrogens is 452 g/mol. The van der Waals surface area contributed by atoms with Gasteiger partial charge in [-0.25, -0.2) is 15.0 Å². The zero-order chi connectivity index (χ0) is 25.2. The van der Waals surface area contributed by atoms with Crippen LogP contribution in [0, 0.1) is 6.92 Å². The number of nitrogens with two attached hydrogens (primary N) is 3. The number of amides is 2. The van der Waals surface area contributed by atoms with Crippen molar-refractivity contribution < 1.29 is 14.3 Å². The van der Waals surface area contributed by atoms with Gasteiger partial charge in [0, 0.05) is 18.9 Å². The van der Waals surface area contributed by atoms with E-state index in [1.54, 1.807) is 19.3 Å². The minimum atomic E-state index is -0.597. The van der Waals surface area contributed by atoms with Gasteiger partial charge in [0.25, 0.3) is 11.8 Å². The summed E-state index contributed by atoms with van der Waals surface area (Å²) >= 11 is 0. The molecule has 0 saturated carbocycles. The Morgan fingerprint density at radius 2 is 1.89 bits per heavy atom. The lowest BCUT2D eigenvalue weighted by molar-refractivity contribution is -0.118. The molecule has 3 rings (SSSR count). The summed E-state index contributed by atoms with van der Waals surface area (Å²) in [6.07, 6.45) is 5.63. The third-order valence-electron chi connectivity index (χ3n) is 4.80. The molecule has 0 unspecified atom stereocenters. The van der Waals surface area contributed by atoms with Crippen LogP contribution in [0.25, 0.3) is 0 Å². The van der Waals surface area contributed by atoms with Crippen LogP contribution in [0.5, 0.6) is 5.75 Å². The molecule has 0 radical (unpaired) electrons. The lowest BCUT2D eigenvalue weighted by Gasteiger charge is -2.08. The number of guanidine groups is 1. The summed E-state index contributed by atoms with van der Waals surface area (Å²) in [7, 11) is 0. The summed E-state index contributed by atoms with van der Waals surface area (Å²) in [4.78, 5) is 42.9. The van der Waals surface area contributed by atoms with Gasteiger partial charge in [-0.15, -0.1) is 0 Å². The highest BCUT2D eigenvalue weighted by Crippen LogP contribution is 2.14. The molecule has 0 aliphatic carbocycles. The summed E-state index contributed by atoms with van der Waals surface area (Å²) in [5, 5.41) is 5.04. The first-order valence-electron chi connectivity index (χ1n) is 10.8. The van der Waals surface area contributed by atoms with Crippen molar-refractivity contribution in [3.8, 4) is 5.75 Å². The van der Waals surface area contributed by atoms with Crippen molar-refractivity contribution in [2.75, 3.05) is 29.9 Å². The number of H-pyrrole nitrogens is 1. The van der Waals surface area contributed by atoms with Crippen molar-refractivity contribution in [1.82, 2.24) is 25.3 Å². The van der Waals surface area contributed by atoms with Crippen LogP contribution in [-0.2, 0) is 11.2 Å². The molecule has 1 aromatic carbocycles. The molecule has 0 fully saturated rings. The second kappa shape index (κ2) is 12.0. The third kappa shape index (κ3) is 7.70. The maximum absolute atomic E-state index is 12.3. The van der Waals surface area contributed by atoms with Gasteiger partial charge in [0.05, 0.1) is 5.69 Å². The van der Waals surface area contributed by atoms with E-state index in [1.165, 1.54) is 0 Å². The highest BCUT2D eigenvalue weighted by molar-refractivity contribution is 6.06. The van der Waals surface area contributed by atoms with Gasteiger partial charge in [-0.3, -0.25) is 25.2 Å². The highest BCUT2D eigenvalue weighted by atomic mass is 16.5. The Kier molecular flexibility index (Phi) is 8.53. The standard InChI is InChI=1S/C22H28N10O3/c1-13-18(23)31-19(24)17(29-13)20(34)32-21(25)26-9-3-2-4-14-5-7-15(8-6-14)35-12-16(33)30-22-27-10-11-28-22/h5-8,10-11H,2-4,9,12H2,1H3,(H4,23,24,31)(H3,25,26,32,34)(H2,27,28,30,33). The van der Waals surface area contributed by atoms with Gasteiger partial charge in [-0.2, -0.15) is 0 Å². The van der Waals surface area contributed by atoms with Crippen molar-refractivity contribution in [2.24, 2.45) is 10.7 Å². The number of anilines is 3. The first kappa shape index (κ1) is 25.0. The van der Waals surface area contributed by atoms with Crippen LogP contribution in [0.2, 0.25) is 0 Å². The average Bonchev–Trinajstić information content (AvgIpc) is 3.33. The van der Waals surface area contributed by atoms with Crippen LogP contribution in [0.15, 0.2) is 41.7 Å². The fourth-order valence-electron chi connectivity index (χ4n) is 2.97.